The van der Waals surface area contributed by atoms with Crippen molar-refractivity contribution in [2.75, 3.05) is 18.1 Å². The van der Waals surface area contributed by atoms with Gasteiger partial charge in [0.05, 0.1) is 13.2 Å². The summed E-state index contributed by atoms with van der Waals surface area (Å²) in [5, 5.41) is 0. The molecular weight excluding hydrogens is 390 g/mol. The van der Waals surface area contributed by atoms with E-state index >= 15 is 0 Å². The van der Waals surface area contributed by atoms with Crippen LogP contribution in [0, 0.1) is 0 Å². The monoisotopic (exact) mass is 417 g/mol. The smallest absolute Gasteiger partial charge is 0.302 e. The fourth-order valence-corrected chi connectivity index (χ4v) is 3.27. The third-order valence-electron chi connectivity index (χ3n) is 4.80. The van der Waals surface area contributed by atoms with Gasteiger partial charge in [0.1, 0.15) is 0 Å². The summed E-state index contributed by atoms with van der Waals surface area (Å²) in [6.45, 7) is 3.60. The van der Waals surface area contributed by atoms with Crippen LogP contribution < -0.4 is 4.90 Å². The minimum Gasteiger partial charge on any atom is -0.466 e. The Hall–Kier alpha value is -3.60. The van der Waals surface area contributed by atoms with E-state index in [0.717, 1.165) is 28.2 Å². The predicted octanol–water partition coefficient (Wildman–Crippen LogP) is 5.37. The van der Waals surface area contributed by atoms with Crippen molar-refractivity contribution in [3.05, 3.63) is 90.0 Å². The Morgan fingerprint density at radius 1 is 0.613 bits per heavy atom. The van der Waals surface area contributed by atoms with Gasteiger partial charge < -0.3 is 14.4 Å². The summed E-state index contributed by atoms with van der Waals surface area (Å²) >= 11 is 0. The first kappa shape index (κ1) is 22.1. The number of anilines is 3. The van der Waals surface area contributed by atoms with Crippen molar-refractivity contribution in [3.63, 3.8) is 0 Å². The van der Waals surface area contributed by atoms with Crippen molar-refractivity contribution in [2.24, 2.45) is 0 Å². The van der Waals surface area contributed by atoms with Crippen molar-refractivity contribution >= 4 is 29.0 Å². The van der Waals surface area contributed by atoms with Crippen molar-refractivity contribution < 1.29 is 19.1 Å². The number of rotatable bonds is 9. The molecule has 3 aromatic carbocycles. The molecule has 0 aliphatic heterocycles. The van der Waals surface area contributed by atoms with Crippen LogP contribution in [0.1, 0.15) is 25.0 Å². The van der Waals surface area contributed by atoms with E-state index in [2.05, 4.69) is 65.6 Å². The fraction of sp³-hybridized carbons (Fsp3) is 0.231. The highest BCUT2D eigenvalue weighted by molar-refractivity contribution is 5.76. The van der Waals surface area contributed by atoms with E-state index in [9.17, 15) is 9.59 Å². The summed E-state index contributed by atoms with van der Waals surface area (Å²) in [4.78, 5) is 24.1. The average molecular weight is 418 g/mol. The summed E-state index contributed by atoms with van der Waals surface area (Å²) in [5.41, 5.74) is 5.35. The Morgan fingerprint density at radius 2 is 1.00 bits per heavy atom. The normalized spacial score (nSPS) is 10.4. The largest absolute Gasteiger partial charge is 0.466 e. The molecule has 0 aromatic heterocycles. The highest BCUT2D eigenvalue weighted by Gasteiger charge is 2.12. The predicted molar refractivity (Wildman–Crippen MR) is 122 cm³/mol. The molecule has 0 N–H and O–H groups in total. The van der Waals surface area contributed by atoms with Crippen LogP contribution in [0.4, 0.5) is 17.1 Å². The number of benzene rings is 3. The SMILES string of the molecule is CC(=O)OCCc1ccc(N(c2ccccc2)c2ccc(CCOC(C)=O)cc2)cc1. The van der Waals surface area contributed by atoms with Gasteiger partial charge in [0.15, 0.2) is 0 Å². The molecule has 0 saturated carbocycles. The van der Waals surface area contributed by atoms with E-state index in [1.54, 1.807) is 0 Å². The summed E-state index contributed by atoms with van der Waals surface area (Å²) in [5.74, 6) is -0.522. The zero-order valence-corrected chi connectivity index (χ0v) is 17.9. The number of nitrogens with zero attached hydrogens (tertiary/aromatic N) is 1. The number of hydrogen-bond donors (Lipinski definition) is 0. The van der Waals surface area contributed by atoms with Gasteiger partial charge in [-0.25, -0.2) is 0 Å². The molecule has 160 valence electrons. The van der Waals surface area contributed by atoms with Gasteiger partial charge in [-0.05, 0) is 47.5 Å². The van der Waals surface area contributed by atoms with Gasteiger partial charge in [0.2, 0.25) is 0 Å². The molecule has 0 radical (unpaired) electrons. The number of ether oxygens (including phenoxy) is 2. The molecule has 0 unspecified atom stereocenters. The molecule has 3 aromatic rings. The number of esters is 2. The molecule has 0 amide bonds. The Labute approximate surface area is 183 Å². The van der Waals surface area contributed by atoms with Crippen LogP contribution in [0.2, 0.25) is 0 Å². The van der Waals surface area contributed by atoms with Crippen LogP contribution in [0.15, 0.2) is 78.9 Å². The zero-order chi connectivity index (χ0) is 22.1. The van der Waals surface area contributed by atoms with Gasteiger partial charge in [-0.2, -0.15) is 0 Å². The van der Waals surface area contributed by atoms with Crippen LogP contribution in [-0.4, -0.2) is 25.2 Å². The first-order valence-corrected chi connectivity index (χ1v) is 10.3. The molecule has 0 aliphatic rings. The van der Waals surface area contributed by atoms with Gasteiger partial charge in [0.25, 0.3) is 0 Å². The maximum absolute atomic E-state index is 11.0. The second-order valence-electron chi connectivity index (χ2n) is 7.18. The Kier molecular flexibility index (Phi) is 7.82. The quantitative estimate of drug-likeness (QED) is 0.438. The molecule has 0 heterocycles. The van der Waals surface area contributed by atoms with E-state index < -0.39 is 0 Å². The Morgan fingerprint density at radius 3 is 1.39 bits per heavy atom. The molecule has 5 heteroatoms. The van der Waals surface area contributed by atoms with Gasteiger partial charge in [0, 0.05) is 43.8 Å². The van der Waals surface area contributed by atoms with Crippen molar-refractivity contribution in [2.45, 2.75) is 26.7 Å². The minimum atomic E-state index is -0.261. The lowest BCUT2D eigenvalue weighted by Crippen LogP contribution is -2.10. The molecule has 0 saturated heterocycles. The van der Waals surface area contributed by atoms with Crippen molar-refractivity contribution in [1.82, 2.24) is 0 Å². The summed E-state index contributed by atoms with van der Waals surface area (Å²) in [6.07, 6.45) is 1.37. The van der Waals surface area contributed by atoms with E-state index in [0.29, 0.717) is 26.1 Å². The highest BCUT2D eigenvalue weighted by atomic mass is 16.5. The van der Waals surface area contributed by atoms with Crippen LogP contribution in [-0.2, 0) is 31.9 Å². The molecular formula is C26H27NO4. The molecule has 0 fully saturated rings. The van der Waals surface area contributed by atoms with Gasteiger partial charge in [-0.15, -0.1) is 0 Å². The van der Waals surface area contributed by atoms with Crippen LogP contribution in [0.5, 0.6) is 0 Å². The average Bonchev–Trinajstić information content (AvgIpc) is 2.76. The lowest BCUT2D eigenvalue weighted by atomic mass is 10.1. The molecule has 0 spiro atoms. The number of para-hydroxylation sites is 1. The molecule has 3 rings (SSSR count). The zero-order valence-electron chi connectivity index (χ0n) is 17.9. The molecule has 0 atom stereocenters. The summed E-state index contributed by atoms with van der Waals surface area (Å²) in [6, 6.07) is 26.7. The van der Waals surface area contributed by atoms with Crippen molar-refractivity contribution in [3.8, 4) is 0 Å². The van der Waals surface area contributed by atoms with E-state index in [-0.39, 0.29) is 11.9 Å². The minimum absolute atomic E-state index is 0.261. The van der Waals surface area contributed by atoms with Gasteiger partial charge in [-0.1, -0.05) is 42.5 Å². The van der Waals surface area contributed by atoms with Crippen LogP contribution in [0.3, 0.4) is 0 Å². The molecule has 5 nitrogen and oxygen atoms in total. The van der Waals surface area contributed by atoms with Crippen LogP contribution in [0.25, 0.3) is 0 Å². The number of carbonyl (C=O) groups is 2. The lowest BCUT2D eigenvalue weighted by molar-refractivity contribution is -0.141. The van der Waals surface area contributed by atoms with E-state index in [1.165, 1.54) is 13.8 Å². The molecule has 0 bridgehead atoms. The fourth-order valence-electron chi connectivity index (χ4n) is 3.27. The first-order valence-electron chi connectivity index (χ1n) is 10.3. The van der Waals surface area contributed by atoms with Gasteiger partial charge >= 0.3 is 11.9 Å². The number of hydrogen-bond acceptors (Lipinski definition) is 5. The third kappa shape index (κ3) is 6.71. The standard InChI is InChI=1S/C26H27NO4/c1-20(28)30-18-16-22-8-12-25(13-9-22)27(24-6-4-3-5-7-24)26-14-10-23(11-15-26)17-19-31-21(2)29/h3-15H,16-19H2,1-2H3. The highest BCUT2D eigenvalue weighted by Crippen LogP contribution is 2.34. The second-order valence-corrected chi connectivity index (χ2v) is 7.18. The van der Waals surface area contributed by atoms with Gasteiger partial charge in [-0.3, -0.25) is 9.59 Å². The maximum atomic E-state index is 11.0. The number of carbonyl (C=O) groups excluding carboxylic acids is 2. The lowest BCUT2D eigenvalue weighted by Gasteiger charge is -2.26. The van der Waals surface area contributed by atoms with E-state index in [4.69, 9.17) is 9.47 Å². The second kappa shape index (κ2) is 11.0. The molecule has 31 heavy (non-hydrogen) atoms. The van der Waals surface area contributed by atoms with Crippen LogP contribution >= 0.6 is 0 Å². The first-order chi connectivity index (χ1) is 15.0. The third-order valence-corrected chi connectivity index (χ3v) is 4.80. The summed E-state index contributed by atoms with van der Waals surface area (Å²) < 4.78 is 10.1. The van der Waals surface area contributed by atoms with Crippen molar-refractivity contribution in [1.29, 1.82) is 0 Å². The summed E-state index contributed by atoms with van der Waals surface area (Å²) in [7, 11) is 0. The Bertz CT molecular complexity index is 919. The van der Waals surface area contributed by atoms with E-state index in [1.807, 2.05) is 18.2 Å². The molecule has 0 aliphatic carbocycles. The maximum Gasteiger partial charge on any atom is 0.302 e. The topological polar surface area (TPSA) is 55.8 Å². The Balaban J connectivity index is 1.79.